The minimum Gasteiger partial charge on any atom is -0.394 e. The summed E-state index contributed by atoms with van der Waals surface area (Å²) >= 11 is 0. The molecule has 0 aromatic heterocycles. The lowest BCUT2D eigenvalue weighted by Crippen LogP contribution is -2.36. The van der Waals surface area contributed by atoms with Gasteiger partial charge in [-0.05, 0) is 31.1 Å². The van der Waals surface area contributed by atoms with Crippen molar-refractivity contribution in [3.05, 3.63) is 0 Å². The van der Waals surface area contributed by atoms with E-state index in [-0.39, 0.29) is 6.61 Å². The van der Waals surface area contributed by atoms with Crippen molar-refractivity contribution >= 4 is 0 Å². The molecule has 3 heteroatoms. The molecule has 0 spiro atoms. The van der Waals surface area contributed by atoms with Crippen LogP contribution in [-0.4, -0.2) is 37.5 Å². The van der Waals surface area contributed by atoms with Gasteiger partial charge >= 0.3 is 0 Å². The number of hydrogen-bond acceptors (Lipinski definition) is 3. The summed E-state index contributed by atoms with van der Waals surface area (Å²) in [5.41, 5.74) is 0. The van der Waals surface area contributed by atoms with E-state index in [4.69, 9.17) is 9.84 Å². The molecule has 0 aliphatic heterocycles. The van der Waals surface area contributed by atoms with Crippen LogP contribution in [0, 0.1) is 11.8 Å². The molecule has 2 fully saturated rings. The van der Waals surface area contributed by atoms with Crippen LogP contribution in [0.5, 0.6) is 0 Å². The van der Waals surface area contributed by atoms with Gasteiger partial charge in [0.1, 0.15) is 0 Å². The van der Waals surface area contributed by atoms with E-state index < -0.39 is 0 Å². The minimum absolute atomic E-state index is 0.133. The molecular formula is C11H21NO2. The summed E-state index contributed by atoms with van der Waals surface area (Å²) < 4.78 is 5.21. The van der Waals surface area contributed by atoms with Crippen molar-refractivity contribution in [3.63, 3.8) is 0 Å². The van der Waals surface area contributed by atoms with Gasteiger partial charge in [-0.15, -0.1) is 0 Å². The molecule has 2 rings (SSSR count). The Morgan fingerprint density at radius 3 is 2.79 bits per heavy atom. The highest BCUT2D eigenvalue weighted by Crippen LogP contribution is 2.44. The normalized spacial score (nSPS) is 35.4. The Hall–Kier alpha value is -0.120. The molecule has 2 aliphatic rings. The number of aliphatic hydroxyl groups excluding tert-OH is 1. The van der Waals surface area contributed by atoms with Crippen LogP contribution in [0.3, 0.4) is 0 Å². The highest BCUT2D eigenvalue weighted by Gasteiger charge is 2.38. The first kappa shape index (κ1) is 10.4. The number of rotatable bonds is 6. The first-order chi connectivity index (χ1) is 6.90. The molecule has 2 aliphatic carbocycles. The van der Waals surface area contributed by atoms with Crippen LogP contribution in [0.15, 0.2) is 0 Å². The Balaban J connectivity index is 1.54. The second kappa shape index (κ2) is 5.10. The van der Waals surface area contributed by atoms with Crippen LogP contribution in [-0.2, 0) is 4.74 Å². The van der Waals surface area contributed by atoms with Crippen LogP contribution in [0.25, 0.3) is 0 Å². The fraction of sp³-hybridized carbons (Fsp3) is 1.00. The maximum absolute atomic E-state index is 8.52. The Morgan fingerprint density at radius 1 is 1.21 bits per heavy atom. The molecule has 0 aromatic rings. The van der Waals surface area contributed by atoms with Gasteiger partial charge in [0.15, 0.2) is 0 Å². The zero-order valence-corrected chi connectivity index (χ0v) is 8.74. The Labute approximate surface area is 85.8 Å². The van der Waals surface area contributed by atoms with Gasteiger partial charge in [0.2, 0.25) is 0 Å². The van der Waals surface area contributed by atoms with Crippen molar-refractivity contribution in [2.75, 3.05) is 26.4 Å². The van der Waals surface area contributed by atoms with E-state index in [1.54, 1.807) is 0 Å². The van der Waals surface area contributed by atoms with Gasteiger partial charge in [-0.3, -0.25) is 0 Å². The van der Waals surface area contributed by atoms with Gasteiger partial charge < -0.3 is 15.2 Å². The maximum Gasteiger partial charge on any atom is 0.0698 e. The predicted octanol–water partition coefficient (Wildman–Crippen LogP) is 0.773. The molecule has 0 aromatic carbocycles. The average Bonchev–Trinajstić information content (AvgIpc) is 2.79. The van der Waals surface area contributed by atoms with Crippen molar-refractivity contribution in [3.8, 4) is 0 Å². The highest BCUT2D eigenvalue weighted by molar-refractivity contribution is 4.93. The van der Waals surface area contributed by atoms with E-state index >= 15 is 0 Å². The zero-order chi connectivity index (χ0) is 9.80. The quantitative estimate of drug-likeness (QED) is 0.621. The molecule has 0 amide bonds. The molecule has 3 unspecified atom stereocenters. The second-order valence-corrected chi connectivity index (χ2v) is 4.57. The van der Waals surface area contributed by atoms with Crippen molar-refractivity contribution < 1.29 is 9.84 Å². The predicted molar refractivity (Wildman–Crippen MR) is 55.1 cm³/mol. The van der Waals surface area contributed by atoms with Gasteiger partial charge in [0.05, 0.1) is 19.8 Å². The first-order valence-electron chi connectivity index (χ1n) is 5.82. The second-order valence-electron chi connectivity index (χ2n) is 4.57. The molecule has 0 saturated heterocycles. The molecule has 14 heavy (non-hydrogen) atoms. The van der Waals surface area contributed by atoms with Crippen LogP contribution in [0.1, 0.15) is 25.7 Å². The maximum atomic E-state index is 8.52. The molecule has 3 atom stereocenters. The molecule has 2 saturated carbocycles. The molecule has 3 nitrogen and oxygen atoms in total. The van der Waals surface area contributed by atoms with Gasteiger partial charge in [-0.25, -0.2) is 0 Å². The van der Waals surface area contributed by atoms with E-state index in [0.717, 1.165) is 31.0 Å². The third kappa shape index (κ3) is 2.47. The van der Waals surface area contributed by atoms with Crippen LogP contribution >= 0.6 is 0 Å². The van der Waals surface area contributed by atoms with Crippen LogP contribution in [0.2, 0.25) is 0 Å². The molecule has 2 N–H and O–H groups in total. The van der Waals surface area contributed by atoms with Gasteiger partial charge in [0.25, 0.3) is 0 Å². The summed E-state index contributed by atoms with van der Waals surface area (Å²) in [6.45, 7) is 2.27. The largest absolute Gasteiger partial charge is 0.394 e. The van der Waals surface area contributed by atoms with E-state index in [2.05, 4.69) is 5.32 Å². The van der Waals surface area contributed by atoms with E-state index in [9.17, 15) is 0 Å². The van der Waals surface area contributed by atoms with E-state index in [0.29, 0.717) is 6.61 Å². The third-order valence-electron chi connectivity index (χ3n) is 3.63. The van der Waals surface area contributed by atoms with Gasteiger partial charge in [-0.1, -0.05) is 6.42 Å². The van der Waals surface area contributed by atoms with Gasteiger partial charge in [0, 0.05) is 12.6 Å². The number of aliphatic hydroxyl groups is 1. The van der Waals surface area contributed by atoms with E-state index in [1.807, 2.05) is 0 Å². The van der Waals surface area contributed by atoms with Crippen LogP contribution in [0.4, 0.5) is 0 Å². The smallest absolute Gasteiger partial charge is 0.0698 e. The average molecular weight is 199 g/mol. The first-order valence-corrected chi connectivity index (χ1v) is 5.82. The Bertz CT molecular complexity index is 175. The summed E-state index contributed by atoms with van der Waals surface area (Å²) in [4.78, 5) is 0. The lowest BCUT2D eigenvalue weighted by atomic mass is 9.95. The molecule has 82 valence electrons. The topological polar surface area (TPSA) is 41.5 Å². The van der Waals surface area contributed by atoms with Crippen molar-refractivity contribution in [2.45, 2.75) is 31.7 Å². The number of fused-ring (bicyclic) bond motifs is 2. The SMILES string of the molecule is OCCOCCNC1CC2CCC1C2. The van der Waals surface area contributed by atoms with Gasteiger partial charge in [-0.2, -0.15) is 0 Å². The standard InChI is InChI=1S/C11H21NO2/c13-4-6-14-5-3-12-11-8-9-1-2-10(11)7-9/h9-13H,1-8H2. The Morgan fingerprint density at radius 2 is 2.14 bits per heavy atom. The monoisotopic (exact) mass is 199 g/mol. The summed E-state index contributed by atoms with van der Waals surface area (Å²) in [6.07, 6.45) is 5.73. The fourth-order valence-electron chi connectivity index (χ4n) is 2.98. The van der Waals surface area contributed by atoms with Crippen molar-refractivity contribution in [1.29, 1.82) is 0 Å². The Kier molecular flexibility index (Phi) is 3.79. The van der Waals surface area contributed by atoms with E-state index in [1.165, 1.54) is 25.7 Å². The van der Waals surface area contributed by atoms with Crippen LogP contribution < -0.4 is 5.32 Å². The zero-order valence-electron chi connectivity index (χ0n) is 8.74. The lowest BCUT2D eigenvalue weighted by Gasteiger charge is -2.22. The summed E-state index contributed by atoms with van der Waals surface area (Å²) in [6, 6.07) is 0.756. The molecule has 2 bridgehead atoms. The number of hydrogen-bond donors (Lipinski definition) is 2. The summed E-state index contributed by atoms with van der Waals surface area (Å²) in [5.74, 6) is 1.95. The number of ether oxygens (including phenoxy) is 1. The summed E-state index contributed by atoms with van der Waals surface area (Å²) in [5, 5.41) is 12.1. The summed E-state index contributed by atoms with van der Waals surface area (Å²) in [7, 11) is 0. The van der Waals surface area contributed by atoms with Crippen molar-refractivity contribution in [1.82, 2.24) is 5.32 Å². The minimum atomic E-state index is 0.133. The molecule has 0 radical (unpaired) electrons. The fourth-order valence-corrected chi connectivity index (χ4v) is 2.98. The molecular weight excluding hydrogens is 178 g/mol. The number of nitrogens with one attached hydrogen (secondary N) is 1. The lowest BCUT2D eigenvalue weighted by molar-refractivity contribution is 0.0914. The molecule has 0 heterocycles. The third-order valence-corrected chi connectivity index (χ3v) is 3.63. The van der Waals surface area contributed by atoms with Crippen molar-refractivity contribution in [2.24, 2.45) is 11.8 Å². The highest BCUT2D eigenvalue weighted by atomic mass is 16.5.